The zero-order valence-electron chi connectivity index (χ0n) is 11.1. The molecule has 0 unspecified atom stereocenters. The van der Waals surface area contributed by atoms with Crippen LogP contribution < -0.4 is 10.1 Å². The number of aromatic nitrogens is 3. The number of nitrogens with zero attached hydrogens (tertiary/aromatic N) is 3. The molecule has 1 N–H and O–H groups in total. The molecule has 106 valence electrons. The smallest absolute Gasteiger partial charge is 0.210 e. The summed E-state index contributed by atoms with van der Waals surface area (Å²) in [4.78, 5) is 3.99. The standard InChI is InChI=1S/C14H11ClN4OS/c1-20-12-3-2-10(15)8-11(12)17-14-19-18-13(21-14)9-4-6-16-7-5-9/h2-8H,1H3,(H,17,19). The van der Waals surface area contributed by atoms with E-state index in [-0.39, 0.29) is 0 Å². The molecule has 0 radical (unpaired) electrons. The lowest BCUT2D eigenvalue weighted by molar-refractivity contribution is 0.417. The van der Waals surface area contributed by atoms with Gasteiger partial charge in [-0.15, -0.1) is 10.2 Å². The topological polar surface area (TPSA) is 59.9 Å². The lowest BCUT2D eigenvalue weighted by atomic mass is 10.3. The Morgan fingerprint density at radius 2 is 1.95 bits per heavy atom. The molecule has 0 fully saturated rings. The average molecular weight is 319 g/mol. The summed E-state index contributed by atoms with van der Waals surface area (Å²) in [6, 6.07) is 9.14. The summed E-state index contributed by atoms with van der Waals surface area (Å²) in [6.07, 6.45) is 3.45. The molecule has 0 bridgehead atoms. The Morgan fingerprint density at radius 1 is 1.14 bits per heavy atom. The molecular weight excluding hydrogens is 308 g/mol. The third-order valence-electron chi connectivity index (χ3n) is 2.76. The summed E-state index contributed by atoms with van der Waals surface area (Å²) in [7, 11) is 1.61. The van der Waals surface area contributed by atoms with Crippen LogP contribution in [0.1, 0.15) is 0 Å². The van der Waals surface area contributed by atoms with E-state index in [0.29, 0.717) is 15.9 Å². The monoisotopic (exact) mass is 318 g/mol. The highest BCUT2D eigenvalue weighted by atomic mass is 35.5. The number of hydrogen-bond acceptors (Lipinski definition) is 6. The molecular formula is C14H11ClN4OS. The summed E-state index contributed by atoms with van der Waals surface area (Å²) < 4.78 is 5.29. The highest BCUT2D eigenvalue weighted by molar-refractivity contribution is 7.18. The van der Waals surface area contributed by atoms with Crippen LogP contribution in [0.4, 0.5) is 10.8 Å². The Bertz CT molecular complexity index is 748. The zero-order chi connectivity index (χ0) is 14.7. The second-order valence-corrected chi connectivity index (χ2v) is 5.53. The predicted molar refractivity (Wildman–Crippen MR) is 84.4 cm³/mol. The molecule has 3 rings (SSSR count). The number of anilines is 2. The van der Waals surface area contributed by atoms with Crippen LogP contribution in [0.2, 0.25) is 5.02 Å². The minimum Gasteiger partial charge on any atom is -0.495 e. The van der Waals surface area contributed by atoms with E-state index < -0.39 is 0 Å². The fourth-order valence-corrected chi connectivity index (χ4v) is 2.71. The van der Waals surface area contributed by atoms with Crippen molar-refractivity contribution in [2.24, 2.45) is 0 Å². The van der Waals surface area contributed by atoms with Crippen LogP contribution >= 0.6 is 22.9 Å². The van der Waals surface area contributed by atoms with Crippen molar-refractivity contribution in [1.29, 1.82) is 0 Å². The van der Waals surface area contributed by atoms with Gasteiger partial charge in [0.05, 0.1) is 12.8 Å². The van der Waals surface area contributed by atoms with Crippen molar-refractivity contribution in [2.45, 2.75) is 0 Å². The fraction of sp³-hybridized carbons (Fsp3) is 0.0714. The molecule has 2 heterocycles. The van der Waals surface area contributed by atoms with E-state index in [1.165, 1.54) is 11.3 Å². The number of rotatable bonds is 4. The van der Waals surface area contributed by atoms with E-state index in [2.05, 4.69) is 20.5 Å². The first kappa shape index (κ1) is 13.8. The third kappa shape index (κ3) is 3.12. The number of ether oxygens (including phenoxy) is 1. The highest BCUT2D eigenvalue weighted by Crippen LogP contribution is 2.33. The van der Waals surface area contributed by atoms with Gasteiger partial charge in [0.25, 0.3) is 0 Å². The lowest BCUT2D eigenvalue weighted by Gasteiger charge is -2.08. The second kappa shape index (κ2) is 6.07. The van der Waals surface area contributed by atoms with Crippen LogP contribution in [0, 0.1) is 0 Å². The lowest BCUT2D eigenvalue weighted by Crippen LogP contribution is -1.94. The second-order valence-electron chi connectivity index (χ2n) is 4.12. The number of hydrogen-bond donors (Lipinski definition) is 1. The molecule has 0 aliphatic rings. The number of benzene rings is 1. The minimum absolute atomic E-state index is 0.622. The van der Waals surface area contributed by atoms with Gasteiger partial charge < -0.3 is 10.1 Å². The summed E-state index contributed by atoms with van der Waals surface area (Å²) in [5.74, 6) is 0.695. The van der Waals surface area contributed by atoms with Gasteiger partial charge in [-0.05, 0) is 30.3 Å². The highest BCUT2D eigenvalue weighted by Gasteiger charge is 2.09. The minimum atomic E-state index is 0.622. The Hall–Kier alpha value is -2.18. The molecule has 0 saturated heterocycles. The van der Waals surface area contributed by atoms with Crippen LogP contribution in [0.3, 0.4) is 0 Å². The van der Waals surface area contributed by atoms with Gasteiger partial charge in [0.1, 0.15) is 10.8 Å². The SMILES string of the molecule is COc1ccc(Cl)cc1Nc1nnc(-c2ccncc2)s1. The van der Waals surface area contributed by atoms with Crippen LogP contribution in [-0.4, -0.2) is 22.3 Å². The van der Waals surface area contributed by atoms with Crippen molar-refractivity contribution in [1.82, 2.24) is 15.2 Å². The predicted octanol–water partition coefficient (Wildman–Crippen LogP) is 4.01. The van der Waals surface area contributed by atoms with Gasteiger partial charge in [0.15, 0.2) is 0 Å². The molecule has 0 saturated carbocycles. The molecule has 2 aromatic heterocycles. The molecule has 0 aliphatic carbocycles. The first-order valence-electron chi connectivity index (χ1n) is 6.11. The van der Waals surface area contributed by atoms with Crippen molar-refractivity contribution >= 4 is 33.8 Å². The molecule has 7 heteroatoms. The van der Waals surface area contributed by atoms with Crippen molar-refractivity contribution in [3.63, 3.8) is 0 Å². The third-order valence-corrected chi connectivity index (χ3v) is 3.88. The first-order chi connectivity index (χ1) is 10.3. The van der Waals surface area contributed by atoms with Gasteiger partial charge in [0, 0.05) is 23.0 Å². The van der Waals surface area contributed by atoms with E-state index in [4.69, 9.17) is 16.3 Å². The van der Waals surface area contributed by atoms with Gasteiger partial charge in [-0.2, -0.15) is 0 Å². The van der Waals surface area contributed by atoms with Gasteiger partial charge in [-0.1, -0.05) is 22.9 Å². The quantitative estimate of drug-likeness (QED) is 0.787. The molecule has 1 aromatic carbocycles. The Kier molecular flexibility index (Phi) is 3.98. The van der Waals surface area contributed by atoms with Crippen LogP contribution in [0.5, 0.6) is 5.75 Å². The van der Waals surface area contributed by atoms with Crippen molar-refractivity contribution < 1.29 is 4.74 Å². The number of halogens is 1. The Morgan fingerprint density at radius 3 is 2.71 bits per heavy atom. The largest absolute Gasteiger partial charge is 0.495 e. The van der Waals surface area contributed by atoms with E-state index in [0.717, 1.165) is 16.3 Å². The Labute approximate surface area is 130 Å². The summed E-state index contributed by atoms with van der Waals surface area (Å²) >= 11 is 7.45. The average Bonchev–Trinajstić information content (AvgIpc) is 2.97. The van der Waals surface area contributed by atoms with Crippen molar-refractivity contribution in [3.8, 4) is 16.3 Å². The molecule has 0 amide bonds. The first-order valence-corrected chi connectivity index (χ1v) is 7.30. The molecule has 0 atom stereocenters. The summed E-state index contributed by atoms with van der Waals surface area (Å²) in [5.41, 5.74) is 1.73. The van der Waals surface area contributed by atoms with Gasteiger partial charge in [0.2, 0.25) is 5.13 Å². The Balaban J connectivity index is 1.87. The van der Waals surface area contributed by atoms with E-state index in [1.54, 1.807) is 37.7 Å². The van der Waals surface area contributed by atoms with E-state index in [1.807, 2.05) is 12.1 Å². The fourth-order valence-electron chi connectivity index (χ4n) is 1.78. The van der Waals surface area contributed by atoms with Gasteiger partial charge in [-0.3, -0.25) is 4.98 Å². The summed E-state index contributed by atoms with van der Waals surface area (Å²) in [5, 5.41) is 13.6. The van der Waals surface area contributed by atoms with Crippen LogP contribution in [0.15, 0.2) is 42.7 Å². The maximum Gasteiger partial charge on any atom is 0.210 e. The maximum atomic E-state index is 6.01. The summed E-state index contributed by atoms with van der Waals surface area (Å²) in [6.45, 7) is 0. The number of pyridine rings is 1. The van der Waals surface area contributed by atoms with Gasteiger partial charge >= 0.3 is 0 Å². The number of methoxy groups -OCH3 is 1. The molecule has 21 heavy (non-hydrogen) atoms. The molecule has 3 aromatic rings. The van der Waals surface area contributed by atoms with Crippen LogP contribution in [-0.2, 0) is 0 Å². The normalized spacial score (nSPS) is 10.4. The molecule has 5 nitrogen and oxygen atoms in total. The zero-order valence-corrected chi connectivity index (χ0v) is 12.6. The van der Waals surface area contributed by atoms with Crippen LogP contribution in [0.25, 0.3) is 10.6 Å². The van der Waals surface area contributed by atoms with E-state index in [9.17, 15) is 0 Å². The molecule has 0 spiro atoms. The molecule has 0 aliphatic heterocycles. The van der Waals surface area contributed by atoms with E-state index >= 15 is 0 Å². The maximum absolute atomic E-state index is 6.01. The van der Waals surface area contributed by atoms with Crippen molar-refractivity contribution in [3.05, 3.63) is 47.7 Å². The van der Waals surface area contributed by atoms with Crippen molar-refractivity contribution in [2.75, 3.05) is 12.4 Å². The van der Waals surface area contributed by atoms with Gasteiger partial charge in [-0.25, -0.2) is 0 Å². The number of nitrogens with one attached hydrogen (secondary N) is 1.